The van der Waals surface area contributed by atoms with E-state index in [4.69, 9.17) is 4.74 Å². The average molecular weight is 524 g/mol. The summed E-state index contributed by atoms with van der Waals surface area (Å²) >= 11 is 0. The van der Waals surface area contributed by atoms with Crippen LogP contribution in [0.3, 0.4) is 0 Å². The van der Waals surface area contributed by atoms with Crippen molar-refractivity contribution in [2.24, 2.45) is 4.99 Å². The third kappa shape index (κ3) is 7.14. The molecule has 30 heavy (non-hydrogen) atoms. The summed E-state index contributed by atoms with van der Waals surface area (Å²) in [5.74, 6) is 0.695. The fourth-order valence-electron chi connectivity index (χ4n) is 3.30. The van der Waals surface area contributed by atoms with E-state index in [9.17, 15) is 5.11 Å². The number of rotatable bonds is 7. The number of guanidine groups is 1. The molecule has 1 fully saturated rings. The Bertz CT molecular complexity index is 776. The average Bonchev–Trinajstić information content (AvgIpc) is 2.77. The number of ether oxygens (including phenoxy) is 1. The van der Waals surface area contributed by atoms with Crippen molar-refractivity contribution in [3.63, 3.8) is 0 Å². The van der Waals surface area contributed by atoms with Crippen molar-refractivity contribution in [3.8, 4) is 0 Å². The van der Waals surface area contributed by atoms with Gasteiger partial charge in [0.25, 0.3) is 0 Å². The summed E-state index contributed by atoms with van der Waals surface area (Å²) in [6.07, 6.45) is 0. The van der Waals surface area contributed by atoms with Gasteiger partial charge < -0.3 is 25.4 Å². The van der Waals surface area contributed by atoms with Crippen molar-refractivity contribution in [1.29, 1.82) is 0 Å². The molecule has 3 rings (SSSR count). The fourth-order valence-corrected chi connectivity index (χ4v) is 3.30. The highest BCUT2D eigenvalue weighted by atomic mass is 127. The molecule has 0 spiro atoms. The van der Waals surface area contributed by atoms with Crippen LogP contribution in [-0.4, -0.2) is 50.5 Å². The summed E-state index contributed by atoms with van der Waals surface area (Å²) in [5.41, 5.74) is 2.28. The van der Waals surface area contributed by atoms with Gasteiger partial charge in [0.1, 0.15) is 5.60 Å². The molecule has 2 aromatic rings. The maximum Gasteiger partial charge on any atom is 0.191 e. The van der Waals surface area contributed by atoms with Crippen molar-refractivity contribution in [3.05, 3.63) is 65.7 Å². The molecule has 1 heterocycles. The van der Waals surface area contributed by atoms with E-state index in [-0.39, 0.29) is 24.0 Å². The molecule has 0 aliphatic carbocycles. The van der Waals surface area contributed by atoms with E-state index in [1.54, 1.807) is 0 Å². The molecule has 0 saturated carbocycles. The summed E-state index contributed by atoms with van der Waals surface area (Å²) in [6, 6.07) is 18.2. The van der Waals surface area contributed by atoms with Crippen LogP contribution in [0.4, 0.5) is 5.69 Å². The Morgan fingerprint density at radius 1 is 1.07 bits per heavy atom. The van der Waals surface area contributed by atoms with Crippen LogP contribution in [0.25, 0.3) is 0 Å². The Balaban J connectivity index is 0.00000320. The van der Waals surface area contributed by atoms with Gasteiger partial charge in [-0.15, -0.1) is 24.0 Å². The van der Waals surface area contributed by atoms with Crippen LogP contribution in [0.15, 0.2) is 59.6 Å². The van der Waals surface area contributed by atoms with Crippen LogP contribution in [0, 0.1) is 0 Å². The molecule has 0 bridgehead atoms. The van der Waals surface area contributed by atoms with Crippen molar-refractivity contribution >= 4 is 35.6 Å². The van der Waals surface area contributed by atoms with E-state index in [0.29, 0.717) is 19.0 Å². The lowest BCUT2D eigenvalue weighted by molar-refractivity contribution is 0.0617. The van der Waals surface area contributed by atoms with Gasteiger partial charge in [-0.05, 0) is 37.1 Å². The summed E-state index contributed by atoms with van der Waals surface area (Å²) < 4.78 is 5.42. The summed E-state index contributed by atoms with van der Waals surface area (Å²) in [5, 5.41) is 17.3. The lowest BCUT2D eigenvalue weighted by atomic mass is 9.96. The van der Waals surface area contributed by atoms with Gasteiger partial charge in [-0.3, -0.25) is 0 Å². The first-order valence-electron chi connectivity index (χ1n) is 10.3. The molecule has 1 atom stereocenters. The number of hydrogen-bond acceptors (Lipinski definition) is 4. The number of benzene rings is 2. The van der Waals surface area contributed by atoms with E-state index in [2.05, 4.69) is 44.8 Å². The fraction of sp³-hybridized carbons (Fsp3) is 0.435. The van der Waals surface area contributed by atoms with Crippen LogP contribution in [-0.2, 0) is 16.9 Å². The number of hydrogen-bond donors (Lipinski definition) is 3. The maximum atomic E-state index is 10.8. The number of anilines is 1. The quantitative estimate of drug-likeness (QED) is 0.295. The van der Waals surface area contributed by atoms with Crippen LogP contribution < -0.4 is 15.5 Å². The van der Waals surface area contributed by atoms with Gasteiger partial charge in [0, 0.05) is 25.3 Å². The number of aliphatic imine (C=N–C) groups is 1. The van der Waals surface area contributed by atoms with Gasteiger partial charge in [0.15, 0.2) is 5.96 Å². The topological polar surface area (TPSA) is 69.1 Å². The van der Waals surface area contributed by atoms with Gasteiger partial charge >= 0.3 is 0 Å². The highest BCUT2D eigenvalue weighted by molar-refractivity contribution is 14.0. The predicted octanol–water partition coefficient (Wildman–Crippen LogP) is 3.10. The SMILES string of the molecule is CCNC(=NCc1ccc(N2CCOCC2)cc1)NCC(C)(O)c1ccccc1.I. The van der Waals surface area contributed by atoms with Crippen LogP contribution >= 0.6 is 24.0 Å². The van der Waals surface area contributed by atoms with Crippen LogP contribution in [0.5, 0.6) is 0 Å². The number of halogens is 1. The minimum absolute atomic E-state index is 0. The number of morpholine rings is 1. The van der Waals surface area contributed by atoms with E-state index in [1.807, 2.05) is 44.2 Å². The zero-order valence-electron chi connectivity index (χ0n) is 17.8. The zero-order valence-corrected chi connectivity index (χ0v) is 20.1. The largest absolute Gasteiger partial charge is 0.384 e. The molecule has 0 aromatic heterocycles. The van der Waals surface area contributed by atoms with Gasteiger partial charge in [0.05, 0.1) is 26.3 Å². The van der Waals surface area contributed by atoms with Crippen molar-refractivity contribution in [2.75, 3.05) is 44.3 Å². The van der Waals surface area contributed by atoms with Crippen LogP contribution in [0.2, 0.25) is 0 Å². The lowest BCUT2D eigenvalue weighted by Gasteiger charge is -2.28. The van der Waals surface area contributed by atoms with Gasteiger partial charge in [0.2, 0.25) is 0 Å². The predicted molar refractivity (Wildman–Crippen MR) is 134 cm³/mol. The second kappa shape index (κ2) is 12.1. The molecular weight excluding hydrogens is 491 g/mol. The first-order valence-corrected chi connectivity index (χ1v) is 10.3. The Labute approximate surface area is 196 Å². The lowest BCUT2D eigenvalue weighted by Crippen LogP contribution is -2.44. The maximum absolute atomic E-state index is 10.8. The molecule has 1 unspecified atom stereocenters. The summed E-state index contributed by atoms with van der Waals surface area (Å²) in [6.45, 7) is 9.00. The second-order valence-corrected chi connectivity index (χ2v) is 7.45. The molecule has 164 valence electrons. The van der Waals surface area contributed by atoms with E-state index in [1.165, 1.54) is 5.69 Å². The number of nitrogens with zero attached hydrogens (tertiary/aromatic N) is 2. The van der Waals surface area contributed by atoms with E-state index >= 15 is 0 Å². The molecule has 0 amide bonds. The van der Waals surface area contributed by atoms with Gasteiger partial charge in [-0.1, -0.05) is 42.5 Å². The van der Waals surface area contributed by atoms with Gasteiger partial charge in [-0.25, -0.2) is 4.99 Å². The van der Waals surface area contributed by atoms with Crippen molar-refractivity contribution in [1.82, 2.24) is 10.6 Å². The normalized spacial score (nSPS) is 16.4. The first-order chi connectivity index (χ1) is 14.1. The number of nitrogens with one attached hydrogen (secondary N) is 2. The molecule has 6 nitrogen and oxygen atoms in total. The van der Waals surface area contributed by atoms with Crippen molar-refractivity contribution < 1.29 is 9.84 Å². The Kier molecular flexibility index (Phi) is 9.87. The van der Waals surface area contributed by atoms with Crippen molar-refractivity contribution in [2.45, 2.75) is 26.0 Å². The minimum atomic E-state index is -0.975. The Morgan fingerprint density at radius 3 is 2.37 bits per heavy atom. The summed E-state index contributed by atoms with van der Waals surface area (Å²) in [4.78, 5) is 7.01. The van der Waals surface area contributed by atoms with E-state index in [0.717, 1.165) is 44.0 Å². The molecule has 1 saturated heterocycles. The number of aliphatic hydroxyl groups is 1. The molecule has 3 N–H and O–H groups in total. The summed E-state index contributed by atoms with van der Waals surface area (Å²) in [7, 11) is 0. The zero-order chi connectivity index (χ0) is 20.5. The minimum Gasteiger partial charge on any atom is -0.384 e. The molecule has 0 radical (unpaired) electrons. The smallest absolute Gasteiger partial charge is 0.191 e. The molecule has 7 heteroatoms. The third-order valence-corrected chi connectivity index (χ3v) is 5.07. The molecule has 1 aliphatic heterocycles. The van der Waals surface area contributed by atoms with Crippen LogP contribution in [0.1, 0.15) is 25.0 Å². The monoisotopic (exact) mass is 524 g/mol. The first kappa shape index (κ1) is 24.4. The Morgan fingerprint density at radius 2 is 1.73 bits per heavy atom. The Hall–Kier alpha value is -1.84. The van der Waals surface area contributed by atoms with E-state index < -0.39 is 5.60 Å². The van der Waals surface area contributed by atoms with Gasteiger partial charge in [-0.2, -0.15) is 0 Å². The molecular formula is C23H33IN4O2. The third-order valence-electron chi connectivity index (χ3n) is 5.07. The molecule has 2 aromatic carbocycles. The second-order valence-electron chi connectivity index (χ2n) is 7.45. The molecule has 1 aliphatic rings. The highest BCUT2D eigenvalue weighted by Crippen LogP contribution is 2.19. The highest BCUT2D eigenvalue weighted by Gasteiger charge is 2.22. The standard InChI is InChI=1S/C23H32N4O2.HI/c1-3-24-22(26-18-23(2,28)20-7-5-4-6-8-20)25-17-19-9-11-21(12-10-19)27-13-15-29-16-14-27;/h4-12,28H,3,13-18H2,1-2H3,(H2,24,25,26);1H.